The molecule has 0 amide bonds. The molecule has 0 heterocycles. The highest BCUT2D eigenvalue weighted by molar-refractivity contribution is 6.32. The van der Waals surface area contributed by atoms with E-state index in [2.05, 4.69) is 50.2 Å². The molecule has 6 heteroatoms. The van der Waals surface area contributed by atoms with Crippen molar-refractivity contribution in [2.45, 2.75) is 111 Å². The minimum atomic E-state index is -1.01. The summed E-state index contributed by atoms with van der Waals surface area (Å²) in [5, 5.41) is 36.4. The highest BCUT2D eigenvalue weighted by Gasteiger charge is 2.32. The molecule has 0 aromatic heterocycles. The summed E-state index contributed by atoms with van der Waals surface area (Å²) < 4.78 is 0. The SMILES string of the molecule is CC(C)(O)C(C)(C)O.CC(C)(O)C(C)(C)O.CCC.[B]c1ccc2c(c1)Cc1cc3c(cc1-2)Cc1cc([B])ccc1-3. The Morgan fingerprint density at radius 2 is 0.732 bits per heavy atom. The van der Waals surface area contributed by atoms with Crippen LogP contribution in [-0.4, -0.2) is 58.5 Å². The van der Waals surface area contributed by atoms with Gasteiger partial charge < -0.3 is 20.4 Å². The second-order valence-electron chi connectivity index (χ2n) is 13.3. The Morgan fingerprint density at radius 3 is 0.976 bits per heavy atom. The zero-order valence-corrected chi connectivity index (χ0v) is 26.7. The van der Waals surface area contributed by atoms with Crippen molar-refractivity contribution in [3.8, 4) is 22.3 Å². The second-order valence-corrected chi connectivity index (χ2v) is 13.3. The lowest BCUT2D eigenvalue weighted by atomic mass is 9.90. The van der Waals surface area contributed by atoms with Crippen LogP contribution in [0.5, 0.6) is 0 Å². The van der Waals surface area contributed by atoms with E-state index in [4.69, 9.17) is 36.1 Å². The van der Waals surface area contributed by atoms with Gasteiger partial charge in [0.1, 0.15) is 15.7 Å². The summed E-state index contributed by atoms with van der Waals surface area (Å²) in [6.07, 6.45) is 3.21. The van der Waals surface area contributed by atoms with Gasteiger partial charge in [-0.15, -0.1) is 0 Å². The quantitative estimate of drug-likeness (QED) is 0.235. The van der Waals surface area contributed by atoms with Crippen molar-refractivity contribution in [2.24, 2.45) is 0 Å². The third kappa shape index (κ3) is 8.81. The van der Waals surface area contributed by atoms with Crippen molar-refractivity contribution in [3.63, 3.8) is 0 Å². The molecule has 0 atom stereocenters. The van der Waals surface area contributed by atoms with Crippen molar-refractivity contribution in [1.29, 1.82) is 0 Å². The highest BCUT2D eigenvalue weighted by Crippen LogP contribution is 2.44. The summed E-state index contributed by atoms with van der Waals surface area (Å²) >= 11 is 0. The predicted molar refractivity (Wildman–Crippen MR) is 175 cm³/mol. The average molecular weight is 554 g/mol. The Balaban J connectivity index is 0.000000258. The second kappa shape index (κ2) is 12.9. The minimum Gasteiger partial charge on any atom is -0.387 e. The monoisotopic (exact) mass is 554 g/mol. The molecule has 218 valence electrons. The van der Waals surface area contributed by atoms with Gasteiger partial charge in [0.25, 0.3) is 0 Å². The van der Waals surface area contributed by atoms with E-state index in [1.807, 2.05) is 12.1 Å². The predicted octanol–water partition coefficient (Wildman–Crippen LogP) is 4.89. The first-order valence-electron chi connectivity index (χ1n) is 14.4. The van der Waals surface area contributed by atoms with Crippen LogP contribution in [0.2, 0.25) is 0 Å². The van der Waals surface area contributed by atoms with Gasteiger partial charge in [-0.05, 0) is 125 Å². The molecule has 3 aromatic rings. The van der Waals surface area contributed by atoms with Gasteiger partial charge in [-0.2, -0.15) is 0 Å². The zero-order chi connectivity index (χ0) is 31.6. The third-order valence-electron chi connectivity index (χ3n) is 7.92. The Kier molecular flexibility index (Phi) is 10.9. The third-order valence-corrected chi connectivity index (χ3v) is 7.92. The van der Waals surface area contributed by atoms with E-state index in [1.165, 1.54) is 50.9 Å². The summed E-state index contributed by atoms with van der Waals surface area (Å²) in [4.78, 5) is 0. The van der Waals surface area contributed by atoms with Crippen LogP contribution in [0.1, 0.15) is 97.9 Å². The molecule has 0 aliphatic heterocycles. The van der Waals surface area contributed by atoms with E-state index >= 15 is 0 Å². The van der Waals surface area contributed by atoms with Crippen LogP contribution in [0.4, 0.5) is 0 Å². The number of aliphatic hydroxyl groups is 4. The van der Waals surface area contributed by atoms with E-state index < -0.39 is 22.4 Å². The summed E-state index contributed by atoms with van der Waals surface area (Å²) in [6, 6.07) is 17.2. The number of fused-ring (bicyclic) bond motifs is 6. The van der Waals surface area contributed by atoms with E-state index in [0.29, 0.717) is 0 Å². The molecule has 5 rings (SSSR count). The molecule has 0 fully saturated rings. The smallest absolute Gasteiger partial charge is 0.113 e. The topological polar surface area (TPSA) is 80.9 Å². The van der Waals surface area contributed by atoms with E-state index in [0.717, 1.165) is 23.8 Å². The normalized spacial score (nSPS) is 13.2. The molecule has 4 radical (unpaired) electrons. The molecule has 2 aliphatic carbocycles. The van der Waals surface area contributed by atoms with Crippen molar-refractivity contribution >= 4 is 26.6 Å². The summed E-state index contributed by atoms with van der Waals surface area (Å²) in [5.41, 5.74) is 8.58. The van der Waals surface area contributed by atoms with Gasteiger partial charge in [0.05, 0.1) is 22.4 Å². The van der Waals surface area contributed by atoms with Crippen LogP contribution in [0.15, 0.2) is 48.5 Å². The van der Waals surface area contributed by atoms with E-state index in [9.17, 15) is 0 Å². The largest absolute Gasteiger partial charge is 0.387 e. The lowest BCUT2D eigenvalue weighted by molar-refractivity contribution is -0.107. The molecule has 0 unspecified atom stereocenters. The molecular weight excluding hydrogens is 506 g/mol. The van der Waals surface area contributed by atoms with Crippen LogP contribution in [0.25, 0.3) is 22.3 Å². The number of hydrogen-bond acceptors (Lipinski definition) is 4. The van der Waals surface area contributed by atoms with Crippen molar-refractivity contribution < 1.29 is 20.4 Å². The van der Waals surface area contributed by atoms with Gasteiger partial charge in [0, 0.05) is 0 Å². The van der Waals surface area contributed by atoms with Crippen LogP contribution >= 0.6 is 0 Å². The summed E-state index contributed by atoms with van der Waals surface area (Å²) in [6.45, 7) is 16.9. The maximum absolute atomic E-state index is 9.10. The Morgan fingerprint density at radius 1 is 0.488 bits per heavy atom. The lowest BCUT2D eigenvalue weighted by Gasteiger charge is -2.31. The zero-order valence-electron chi connectivity index (χ0n) is 26.7. The number of rotatable bonds is 2. The summed E-state index contributed by atoms with van der Waals surface area (Å²) in [7, 11) is 11.9. The average Bonchev–Trinajstić information content (AvgIpc) is 3.32. The Bertz CT molecular complexity index is 1210. The molecule has 0 saturated carbocycles. The van der Waals surface area contributed by atoms with Crippen LogP contribution < -0.4 is 10.9 Å². The number of benzene rings is 3. The lowest BCUT2D eigenvalue weighted by Crippen LogP contribution is -2.44. The van der Waals surface area contributed by atoms with Crippen molar-refractivity contribution in [2.75, 3.05) is 0 Å². The van der Waals surface area contributed by atoms with Gasteiger partial charge >= 0.3 is 0 Å². The summed E-state index contributed by atoms with van der Waals surface area (Å²) in [5.74, 6) is 0. The van der Waals surface area contributed by atoms with Crippen LogP contribution in [0.3, 0.4) is 0 Å². The first-order chi connectivity index (χ1) is 18.6. The molecule has 0 spiro atoms. The van der Waals surface area contributed by atoms with Gasteiger partial charge in [0.15, 0.2) is 0 Å². The standard InChI is InChI=1S/C20H12B2.2C6H14O2.C3H8/c21-15-1-3-17-11(7-15)5-13-10-20-14(9-19(13)17)6-12-8-16(22)2-4-18(12)20;2*1-5(2,7)6(3,4)8;1-3-2/h1-4,7-10H,5-6H2;2*7-8H,1-4H3;3H2,1-2H3. The van der Waals surface area contributed by atoms with E-state index in [1.54, 1.807) is 55.4 Å². The van der Waals surface area contributed by atoms with Gasteiger partial charge in [-0.3, -0.25) is 0 Å². The maximum atomic E-state index is 9.10. The fourth-order valence-corrected chi connectivity index (χ4v) is 3.94. The van der Waals surface area contributed by atoms with Crippen molar-refractivity contribution in [3.05, 3.63) is 70.8 Å². The van der Waals surface area contributed by atoms with Crippen LogP contribution in [-0.2, 0) is 12.8 Å². The first-order valence-corrected chi connectivity index (χ1v) is 14.4. The minimum absolute atomic E-state index is 0.847. The molecule has 0 bridgehead atoms. The molecular formula is C35H48B2O4. The highest BCUT2D eigenvalue weighted by atomic mass is 16.4. The maximum Gasteiger partial charge on any atom is 0.113 e. The van der Waals surface area contributed by atoms with Gasteiger partial charge in [-0.25, -0.2) is 0 Å². The van der Waals surface area contributed by atoms with E-state index in [-0.39, 0.29) is 0 Å². The molecule has 41 heavy (non-hydrogen) atoms. The Hall–Kier alpha value is -2.37. The molecule has 4 nitrogen and oxygen atoms in total. The van der Waals surface area contributed by atoms with Crippen molar-refractivity contribution in [1.82, 2.24) is 0 Å². The molecule has 2 aliphatic rings. The van der Waals surface area contributed by atoms with Gasteiger partial charge in [0.2, 0.25) is 0 Å². The van der Waals surface area contributed by atoms with Gasteiger partial charge in [-0.1, -0.05) is 67.6 Å². The fraction of sp³-hybridized carbons (Fsp3) is 0.486. The molecule has 4 N–H and O–H groups in total. The fourth-order valence-electron chi connectivity index (χ4n) is 3.94. The van der Waals surface area contributed by atoms with Crippen LogP contribution in [0, 0.1) is 0 Å². The molecule has 3 aromatic carbocycles. The first kappa shape index (κ1) is 34.8. The number of hydrogen-bond donors (Lipinski definition) is 4. The Labute approximate surface area is 250 Å². The molecule has 0 saturated heterocycles.